The summed E-state index contributed by atoms with van der Waals surface area (Å²) in [4.78, 5) is 4.66. The number of methoxy groups -OCH3 is 1. The third-order valence-electron chi connectivity index (χ3n) is 3.65. The minimum Gasteiger partial charge on any atom is -0.496 e. The van der Waals surface area contributed by atoms with Crippen molar-refractivity contribution >= 4 is 17.7 Å². The molecule has 1 aliphatic rings. The zero-order chi connectivity index (χ0) is 16.7. The summed E-state index contributed by atoms with van der Waals surface area (Å²) in [5.41, 5.74) is 2.26. The van der Waals surface area contributed by atoms with E-state index >= 15 is 0 Å². The van der Waals surface area contributed by atoms with Gasteiger partial charge in [0, 0.05) is 36.4 Å². The predicted octanol–water partition coefficient (Wildman–Crippen LogP) is 2.44. The van der Waals surface area contributed by atoms with Gasteiger partial charge in [-0.05, 0) is 32.2 Å². The molecule has 0 amide bonds. The average Bonchev–Trinajstić information content (AvgIpc) is 2.90. The third kappa shape index (κ3) is 4.96. The lowest BCUT2D eigenvalue weighted by atomic mass is 10.1. The maximum atomic E-state index is 5.84. The molecule has 2 N–H and O–H groups in total. The number of guanidine groups is 1. The van der Waals surface area contributed by atoms with Crippen molar-refractivity contribution in [2.45, 2.75) is 32.9 Å². The van der Waals surface area contributed by atoms with E-state index in [0.717, 1.165) is 48.3 Å². The van der Waals surface area contributed by atoms with Crippen molar-refractivity contribution in [1.82, 2.24) is 10.6 Å². The van der Waals surface area contributed by atoms with Crippen LogP contribution in [0.5, 0.6) is 11.5 Å². The molecule has 5 nitrogen and oxygen atoms in total. The minimum atomic E-state index is 0.235. The molecule has 1 aromatic rings. The van der Waals surface area contributed by atoms with E-state index in [1.807, 2.05) is 11.8 Å². The highest BCUT2D eigenvalue weighted by molar-refractivity contribution is 7.98. The quantitative estimate of drug-likeness (QED) is 0.455. The molecule has 6 heteroatoms. The van der Waals surface area contributed by atoms with Gasteiger partial charge in [0.1, 0.15) is 17.6 Å². The van der Waals surface area contributed by atoms with E-state index in [1.54, 1.807) is 7.11 Å². The molecular weight excluding hydrogens is 310 g/mol. The molecule has 0 spiro atoms. The maximum absolute atomic E-state index is 5.84. The van der Waals surface area contributed by atoms with Gasteiger partial charge in [0.05, 0.1) is 13.7 Å². The standard InChI is InChI=1S/C17H27N3O2S/c1-5-18-17(19-6-7-23-4)20-11-14-10-16-13(8-12(2)22-16)9-15(14)21-3/h9-10,12H,5-8,11H2,1-4H3,(H2,18,19,20). The summed E-state index contributed by atoms with van der Waals surface area (Å²) < 4.78 is 11.4. The van der Waals surface area contributed by atoms with Crippen LogP contribution in [-0.2, 0) is 13.0 Å². The van der Waals surface area contributed by atoms with Crippen molar-refractivity contribution < 1.29 is 9.47 Å². The molecule has 2 rings (SSSR count). The molecule has 23 heavy (non-hydrogen) atoms. The van der Waals surface area contributed by atoms with E-state index in [0.29, 0.717) is 6.54 Å². The number of hydrogen-bond acceptors (Lipinski definition) is 4. The molecular formula is C17H27N3O2S. The number of benzene rings is 1. The Morgan fingerprint density at radius 2 is 2.26 bits per heavy atom. The Kier molecular flexibility index (Phi) is 6.89. The summed E-state index contributed by atoms with van der Waals surface area (Å²) in [5, 5.41) is 6.60. The van der Waals surface area contributed by atoms with Gasteiger partial charge in [0.25, 0.3) is 0 Å². The SMILES string of the molecule is CCNC(=NCc1cc2c(cc1OC)CC(C)O2)NCCSC. The number of thioether (sulfide) groups is 1. The van der Waals surface area contributed by atoms with Crippen LogP contribution in [0.4, 0.5) is 0 Å². The highest BCUT2D eigenvalue weighted by Crippen LogP contribution is 2.35. The Balaban J connectivity index is 2.11. The number of nitrogens with zero attached hydrogens (tertiary/aromatic N) is 1. The summed E-state index contributed by atoms with van der Waals surface area (Å²) in [7, 11) is 1.70. The van der Waals surface area contributed by atoms with Crippen LogP contribution in [0, 0.1) is 0 Å². The molecule has 0 radical (unpaired) electrons. The fraction of sp³-hybridized carbons (Fsp3) is 0.588. The van der Waals surface area contributed by atoms with Gasteiger partial charge in [0.2, 0.25) is 0 Å². The van der Waals surface area contributed by atoms with Crippen LogP contribution in [0.15, 0.2) is 17.1 Å². The second-order valence-corrected chi connectivity index (χ2v) is 6.50. The van der Waals surface area contributed by atoms with Crippen LogP contribution in [0.1, 0.15) is 25.0 Å². The molecule has 1 aliphatic heterocycles. The molecule has 128 valence electrons. The first-order chi connectivity index (χ1) is 11.2. The summed E-state index contributed by atoms with van der Waals surface area (Å²) in [6.07, 6.45) is 3.27. The molecule has 1 aromatic carbocycles. The van der Waals surface area contributed by atoms with Crippen molar-refractivity contribution in [1.29, 1.82) is 0 Å². The van der Waals surface area contributed by atoms with E-state index in [1.165, 1.54) is 5.56 Å². The van der Waals surface area contributed by atoms with E-state index in [-0.39, 0.29) is 6.10 Å². The summed E-state index contributed by atoms with van der Waals surface area (Å²) >= 11 is 1.81. The Hall–Kier alpha value is -1.56. The average molecular weight is 337 g/mol. The summed E-state index contributed by atoms with van der Waals surface area (Å²) in [6, 6.07) is 4.14. The van der Waals surface area contributed by atoms with E-state index < -0.39 is 0 Å². The van der Waals surface area contributed by atoms with Crippen LogP contribution >= 0.6 is 11.8 Å². The first-order valence-corrected chi connectivity index (χ1v) is 9.44. The van der Waals surface area contributed by atoms with Crippen LogP contribution in [0.2, 0.25) is 0 Å². The van der Waals surface area contributed by atoms with Crippen molar-refractivity contribution in [3.8, 4) is 11.5 Å². The lowest BCUT2D eigenvalue weighted by Gasteiger charge is -2.12. The number of rotatable bonds is 7. The Labute approximate surface area is 143 Å². The molecule has 1 atom stereocenters. The largest absolute Gasteiger partial charge is 0.496 e. The fourth-order valence-electron chi connectivity index (χ4n) is 2.57. The molecule has 1 heterocycles. The molecule has 0 aliphatic carbocycles. The van der Waals surface area contributed by atoms with Gasteiger partial charge in [-0.1, -0.05) is 0 Å². The zero-order valence-electron chi connectivity index (χ0n) is 14.4. The smallest absolute Gasteiger partial charge is 0.191 e. The van der Waals surface area contributed by atoms with E-state index in [4.69, 9.17) is 9.47 Å². The van der Waals surface area contributed by atoms with E-state index in [9.17, 15) is 0 Å². The van der Waals surface area contributed by atoms with Gasteiger partial charge >= 0.3 is 0 Å². The molecule has 0 fully saturated rings. The minimum absolute atomic E-state index is 0.235. The number of fused-ring (bicyclic) bond motifs is 1. The Bertz CT molecular complexity index is 549. The van der Waals surface area contributed by atoms with Gasteiger partial charge in [-0.3, -0.25) is 0 Å². The number of nitrogens with one attached hydrogen (secondary N) is 2. The molecule has 0 saturated carbocycles. The van der Waals surface area contributed by atoms with Crippen LogP contribution in [-0.4, -0.2) is 44.3 Å². The second-order valence-electron chi connectivity index (χ2n) is 5.52. The maximum Gasteiger partial charge on any atom is 0.191 e. The highest BCUT2D eigenvalue weighted by atomic mass is 32.2. The fourth-order valence-corrected chi connectivity index (χ4v) is 2.88. The molecule has 0 saturated heterocycles. The van der Waals surface area contributed by atoms with Crippen molar-refractivity contribution in [2.75, 3.05) is 32.2 Å². The van der Waals surface area contributed by atoms with Crippen LogP contribution < -0.4 is 20.1 Å². The van der Waals surface area contributed by atoms with Gasteiger partial charge in [-0.15, -0.1) is 0 Å². The second kappa shape index (κ2) is 8.91. The monoisotopic (exact) mass is 337 g/mol. The topological polar surface area (TPSA) is 54.9 Å². The van der Waals surface area contributed by atoms with Crippen molar-refractivity contribution in [2.24, 2.45) is 4.99 Å². The normalized spacial score (nSPS) is 16.7. The third-order valence-corrected chi connectivity index (χ3v) is 4.26. The van der Waals surface area contributed by atoms with E-state index in [2.05, 4.69) is 47.9 Å². The Morgan fingerprint density at radius 1 is 1.43 bits per heavy atom. The van der Waals surface area contributed by atoms with Gasteiger partial charge in [0.15, 0.2) is 5.96 Å². The van der Waals surface area contributed by atoms with Crippen molar-refractivity contribution in [3.05, 3.63) is 23.3 Å². The lowest BCUT2D eigenvalue weighted by Crippen LogP contribution is -2.38. The molecule has 0 bridgehead atoms. The first-order valence-electron chi connectivity index (χ1n) is 8.05. The van der Waals surface area contributed by atoms with Gasteiger partial charge < -0.3 is 20.1 Å². The lowest BCUT2D eigenvalue weighted by molar-refractivity contribution is 0.254. The van der Waals surface area contributed by atoms with Crippen LogP contribution in [0.3, 0.4) is 0 Å². The summed E-state index contributed by atoms with van der Waals surface area (Å²) in [5.74, 6) is 3.73. The number of ether oxygens (including phenoxy) is 2. The highest BCUT2D eigenvalue weighted by Gasteiger charge is 2.21. The Morgan fingerprint density at radius 3 is 2.96 bits per heavy atom. The number of aliphatic imine (C=N–C) groups is 1. The number of hydrogen-bond donors (Lipinski definition) is 2. The summed E-state index contributed by atoms with van der Waals surface area (Å²) in [6.45, 7) is 6.45. The molecule has 1 unspecified atom stereocenters. The first kappa shape index (κ1) is 17.8. The zero-order valence-corrected chi connectivity index (χ0v) is 15.3. The molecule has 0 aromatic heterocycles. The van der Waals surface area contributed by atoms with Gasteiger partial charge in [-0.25, -0.2) is 4.99 Å². The predicted molar refractivity (Wildman–Crippen MR) is 98.0 cm³/mol. The van der Waals surface area contributed by atoms with Gasteiger partial charge in [-0.2, -0.15) is 11.8 Å². The van der Waals surface area contributed by atoms with Crippen LogP contribution in [0.25, 0.3) is 0 Å². The van der Waals surface area contributed by atoms with Crippen molar-refractivity contribution in [3.63, 3.8) is 0 Å².